The Kier molecular flexibility index (Phi) is 3.92. The van der Waals surface area contributed by atoms with Crippen LogP contribution in [-0.2, 0) is 9.47 Å². The number of morpholine rings is 1. The van der Waals surface area contributed by atoms with E-state index >= 15 is 0 Å². The molecule has 1 aromatic rings. The van der Waals surface area contributed by atoms with Gasteiger partial charge in [0.05, 0.1) is 38.0 Å². The Balaban J connectivity index is 1.80. The highest BCUT2D eigenvalue weighted by molar-refractivity contribution is 5.96. The Morgan fingerprint density at radius 1 is 1.10 bits per heavy atom. The van der Waals surface area contributed by atoms with Gasteiger partial charge in [0.2, 0.25) is 0 Å². The zero-order valence-electron chi connectivity index (χ0n) is 12.1. The van der Waals surface area contributed by atoms with Gasteiger partial charge in [-0.15, -0.1) is 0 Å². The number of carbonyl (C=O) groups excluding carboxylic acids is 2. The molecule has 2 saturated heterocycles. The van der Waals surface area contributed by atoms with E-state index in [1.165, 1.54) is 7.11 Å². The minimum absolute atomic E-state index is 0.0319. The van der Waals surface area contributed by atoms with Crippen molar-refractivity contribution in [2.45, 2.75) is 31.3 Å². The van der Waals surface area contributed by atoms with E-state index in [1.54, 1.807) is 24.3 Å². The summed E-state index contributed by atoms with van der Waals surface area (Å²) in [5.74, 6) is -0.360. The van der Waals surface area contributed by atoms with Gasteiger partial charge >= 0.3 is 5.97 Å². The Bertz CT molecular complexity index is 518. The van der Waals surface area contributed by atoms with Crippen molar-refractivity contribution in [3.8, 4) is 0 Å². The van der Waals surface area contributed by atoms with Gasteiger partial charge in [-0.25, -0.2) is 4.79 Å². The number of carbonyl (C=O) groups is 2. The molecule has 21 heavy (non-hydrogen) atoms. The van der Waals surface area contributed by atoms with E-state index in [1.807, 2.05) is 4.90 Å². The molecular weight excluding hydrogens is 270 g/mol. The van der Waals surface area contributed by atoms with Crippen LogP contribution in [-0.4, -0.2) is 49.2 Å². The quantitative estimate of drug-likeness (QED) is 0.780. The van der Waals surface area contributed by atoms with Gasteiger partial charge < -0.3 is 14.4 Å². The molecule has 3 rings (SSSR count). The largest absolute Gasteiger partial charge is 0.465 e. The van der Waals surface area contributed by atoms with Crippen LogP contribution < -0.4 is 0 Å². The maximum atomic E-state index is 12.7. The van der Waals surface area contributed by atoms with Gasteiger partial charge in [-0.1, -0.05) is 0 Å². The predicted octanol–water partition coefficient (Wildman–Crippen LogP) is 1.87. The summed E-state index contributed by atoms with van der Waals surface area (Å²) in [6.07, 6.45) is 3.16. The van der Waals surface area contributed by atoms with E-state index < -0.39 is 5.97 Å². The first-order valence-corrected chi connectivity index (χ1v) is 7.29. The average molecular weight is 289 g/mol. The van der Waals surface area contributed by atoms with E-state index in [2.05, 4.69) is 4.74 Å². The Morgan fingerprint density at radius 2 is 1.67 bits per heavy atom. The van der Waals surface area contributed by atoms with Crippen LogP contribution in [0.5, 0.6) is 0 Å². The van der Waals surface area contributed by atoms with Crippen molar-refractivity contribution in [1.29, 1.82) is 0 Å². The van der Waals surface area contributed by atoms with Crippen molar-refractivity contribution in [2.75, 3.05) is 20.3 Å². The number of fused-ring (bicyclic) bond motifs is 2. The van der Waals surface area contributed by atoms with Crippen LogP contribution in [0.4, 0.5) is 0 Å². The molecule has 0 aromatic heterocycles. The number of hydrogen-bond donors (Lipinski definition) is 0. The molecule has 112 valence electrons. The van der Waals surface area contributed by atoms with E-state index in [0.717, 1.165) is 19.3 Å². The molecule has 0 aliphatic carbocycles. The lowest BCUT2D eigenvalue weighted by Gasteiger charge is -2.45. The topological polar surface area (TPSA) is 55.8 Å². The van der Waals surface area contributed by atoms with Crippen LogP contribution in [0, 0.1) is 0 Å². The highest BCUT2D eigenvalue weighted by atomic mass is 16.5. The number of ether oxygens (including phenoxy) is 2. The van der Waals surface area contributed by atoms with Crippen LogP contribution in [0.15, 0.2) is 24.3 Å². The normalized spacial score (nSPS) is 24.5. The first-order valence-electron chi connectivity index (χ1n) is 7.29. The van der Waals surface area contributed by atoms with Gasteiger partial charge in [-0.05, 0) is 43.5 Å². The maximum Gasteiger partial charge on any atom is 0.337 e. The standard InChI is InChI=1S/C16H19NO4/c1-20-16(19)12-7-5-11(6-8-12)15(18)17-13-3-2-4-14(17)10-21-9-13/h5-8,13-14H,2-4,9-10H2,1H3. The minimum Gasteiger partial charge on any atom is -0.465 e. The molecule has 2 aliphatic heterocycles. The molecule has 0 radical (unpaired) electrons. The molecular formula is C16H19NO4. The summed E-state index contributed by atoms with van der Waals surface area (Å²) in [4.78, 5) is 26.1. The second-order valence-electron chi connectivity index (χ2n) is 5.56. The molecule has 2 atom stereocenters. The number of amides is 1. The number of benzene rings is 1. The zero-order chi connectivity index (χ0) is 14.8. The highest BCUT2D eigenvalue weighted by Gasteiger charge is 2.37. The number of esters is 1. The number of nitrogens with zero attached hydrogens (tertiary/aromatic N) is 1. The van der Waals surface area contributed by atoms with Crippen LogP contribution in [0.3, 0.4) is 0 Å². The highest BCUT2D eigenvalue weighted by Crippen LogP contribution is 2.29. The third-order valence-electron chi connectivity index (χ3n) is 4.27. The predicted molar refractivity (Wildman–Crippen MR) is 76.2 cm³/mol. The summed E-state index contributed by atoms with van der Waals surface area (Å²) in [5, 5.41) is 0. The summed E-state index contributed by atoms with van der Waals surface area (Å²) in [5.41, 5.74) is 1.07. The Hall–Kier alpha value is -1.88. The number of rotatable bonds is 2. The first-order chi connectivity index (χ1) is 10.2. The molecule has 5 heteroatoms. The van der Waals surface area contributed by atoms with Crippen molar-refractivity contribution in [2.24, 2.45) is 0 Å². The van der Waals surface area contributed by atoms with Crippen LogP contribution in [0.2, 0.25) is 0 Å². The lowest BCUT2D eigenvalue weighted by Crippen LogP contribution is -2.57. The maximum absolute atomic E-state index is 12.7. The van der Waals surface area contributed by atoms with Gasteiger partial charge in [-0.3, -0.25) is 4.79 Å². The smallest absolute Gasteiger partial charge is 0.337 e. The van der Waals surface area contributed by atoms with Gasteiger partial charge in [0, 0.05) is 5.56 Å². The van der Waals surface area contributed by atoms with Crippen molar-refractivity contribution >= 4 is 11.9 Å². The second kappa shape index (κ2) is 5.85. The van der Waals surface area contributed by atoms with E-state index in [-0.39, 0.29) is 18.0 Å². The van der Waals surface area contributed by atoms with Gasteiger partial charge in [0.25, 0.3) is 5.91 Å². The second-order valence-corrected chi connectivity index (χ2v) is 5.56. The molecule has 2 aliphatic rings. The van der Waals surface area contributed by atoms with Gasteiger partial charge in [0.1, 0.15) is 0 Å². The molecule has 0 spiro atoms. The number of hydrogen-bond acceptors (Lipinski definition) is 4. The molecule has 0 N–H and O–H groups in total. The van der Waals surface area contributed by atoms with Gasteiger partial charge in [0.15, 0.2) is 0 Å². The van der Waals surface area contributed by atoms with E-state index in [9.17, 15) is 9.59 Å². The summed E-state index contributed by atoms with van der Waals surface area (Å²) in [7, 11) is 1.34. The molecule has 2 unspecified atom stereocenters. The average Bonchev–Trinajstić information content (AvgIpc) is 2.53. The zero-order valence-corrected chi connectivity index (χ0v) is 12.1. The van der Waals surface area contributed by atoms with Crippen LogP contribution >= 0.6 is 0 Å². The van der Waals surface area contributed by atoms with Crippen molar-refractivity contribution in [3.05, 3.63) is 35.4 Å². The van der Waals surface area contributed by atoms with Crippen molar-refractivity contribution in [1.82, 2.24) is 4.90 Å². The molecule has 1 aromatic carbocycles. The summed E-state index contributed by atoms with van der Waals surface area (Å²) < 4.78 is 10.2. The minimum atomic E-state index is -0.391. The van der Waals surface area contributed by atoms with Gasteiger partial charge in [-0.2, -0.15) is 0 Å². The van der Waals surface area contributed by atoms with E-state index in [0.29, 0.717) is 24.3 Å². The molecule has 2 fully saturated rings. The number of piperidine rings is 1. The summed E-state index contributed by atoms with van der Waals surface area (Å²) >= 11 is 0. The van der Waals surface area contributed by atoms with Crippen molar-refractivity contribution in [3.63, 3.8) is 0 Å². The Labute approximate surface area is 123 Å². The van der Waals surface area contributed by atoms with Crippen molar-refractivity contribution < 1.29 is 19.1 Å². The molecule has 0 saturated carbocycles. The van der Waals surface area contributed by atoms with E-state index in [4.69, 9.17) is 4.74 Å². The SMILES string of the molecule is COC(=O)c1ccc(C(=O)N2C3CCCC2COC3)cc1. The summed E-state index contributed by atoms with van der Waals surface area (Å²) in [6.45, 7) is 1.25. The fourth-order valence-corrected chi connectivity index (χ4v) is 3.18. The Morgan fingerprint density at radius 3 is 2.24 bits per heavy atom. The van der Waals surface area contributed by atoms with Crippen LogP contribution in [0.1, 0.15) is 40.0 Å². The third kappa shape index (κ3) is 2.65. The molecule has 1 amide bonds. The molecule has 2 bridgehead atoms. The fourth-order valence-electron chi connectivity index (χ4n) is 3.18. The number of methoxy groups -OCH3 is 1. The lowest BCUT2D eigenvalue weighted by molar-refractivity contribution is -0.0565. The fraction of sp³-hybridized carbons (Fsp3) is 0.500. The van der Waals surface area contributed by atoms with Crippen LogP contribution in [0.25, 0.3) is 0 Å². The molecule has 2 heterocycles. The summed E-state index contributed by atoms with van der Waals surface area (Å²) in [6, 6.07) is 7.03. The monoisotopic (exact) mass is 289 g/mol. The lowest BCUT2D eigenvalue weighted by atomic mass is 9.93. The first kappa shape index (κ1) is 14.1. The molecule has 5 nitrogen and oxygen atoms in total. The third-order valence-corrected chi connectivity index (χ3v) is 4.27.